The molecule has 4 heteroatoms. The molecule has 0 unspecified atom stereocenters. The van der Waals surface area contributed by atoms with Gasteiger partial charge in [0, 0.05) is 19.2 Å². The minimum absolute atomic E-state index is 0.0412. The van der Waals surface area contributed by atoms with Gasteiger partial charge in [0.25, 0.3) is 5.91 Å². The zero-order valence-corrected chi connectivity index (χ0v) is 12.0. The monoisotopic (exact) mass is 285 g/mol. The van der Waals surface area contributed by atoms with E-state index in [1.807, 2.05) is 30.3 Å². The van der Waals surface area contributed by atoms with Gasteiger partial charge in [0.15, 0.2) is 0 Å². The lowest BCUT2D eigenvalue weighted by Crippen LogP contribution is -2.29. The third-order valence-corrected chi connectivity index (χ3v) is 3.13. The summed E-state index contributed by atoms with van der Waals surface area (Å²) in [6.07, 6.45) is 0. The third-order valence-electron chi connectivity index (χ3n) is 3.13. The molecule has 4 nitrogen and oxygen atoms in total. The van der Waals surface area contributed by atoms with Crippen molar-refractivity contribution in [2.75, 3.05) is 20.2 Å². The van der Waals surface area contributed by atoms with Gasteiger partial charge in [-0.15, -0.1) is 0 Å². The number of aliphatic hydroxyl groups excluding tert-OH is 1. The molecule has 0 spiro atoms. The zero-order chi connectivity index (χ0) is 15.1. The van der Waals surface area contributed by atoms with E-state index in [2.05, 4.69) is 0 Å². The summed E-state index contributed by atoms with van der Waals surface area (Å²) < 4.78 is 5.67. The van der Waals surface area contributed by atoms with E-state index in [-0.39, 0.29) is 12.5 Å². The van der Waals surface area contributed by atoms with E-state index >= 15 is 0 Å². The Bertz CT molecular complexity index is 566. The fourth-order valence-electron chi connectivity index (χ4n) is 1.91. The number of aliphatic hydroxyl groups is 1. The van der Waals surface area contributed by atoms with Crippen LogP contribution in [0.1, 0.15) is 15.9 Å². The van der Waals surface area contributed by atoms with Crippen molar-refractivity contribution in [2.24, 2.45) is 0 Å². The molecule has 0 aliphatic carbocycles. The predicted octanol–water partition coefficient (Wildman–Crippen LogP) is 2.33. The Balaban J connectivity index is 1.94. The van der Waals surface area contributed by atoms with Crippen LogP contribution in [0.5, 0.6) is 5.75 Å². The standard InChI is InChI=1S/C17H19NO3/c1-18(11-12-19)17(20)15-7-9-16(10-8-15)21-13-14-5-3-2-4-6-14/h2-10,19H,11-13H2,1H3. The van der Waals surface area contributed by atoms with E-state index in [9.17, 15) is 4.79 Å². The van der Waals surface area contributed by atoms with Crippen molar-refractivity contribution in [1.29, 1.82) is 0 Å². The van der Waals surface area contributed by atoms with Crippen molar-refractivity contribution in [3.05, 3.63) is 65.7 Å². The quantitative estimate of drug-likeness (QED) is 0.886. The summed E-state index contributed by atoms with van der Waals surface area (Å²) in [6.45, 7) is 0.782. The molecule has 2 aromatic rings. The van der Waals surface area contributed by atoms with Crippen molar-refractivity contribution >= 4 is 5.91 Å². The van der Waals surface area contributed by atoms with E-state index < -0.39 is 0 Å². The molecule has 0 saturated carbocycles. The molecule has 0 atom stereocenters. The first-order valence-corrected chi connectivity index (χ1v) is 6.84. The summed E-state index contributed by atoms with van der Waals surface area (Å²) in [6, 6.07) is 16.9. The van der Waals surface area contributed by atoms with Gasteiger partial charge < -0.3 is 14.7 Å². The van der Waals surface area contributed by atoms with Crippen LogP contribution in [0.3, 0.4) is 0 Å². The Morgan fingerprint density at radius 3 is 2.38 bits per heavy atom. The van der Waals surface area contributed by atoms with Gasteiger partial charge in [0.2, 0.25) is 0 Å². The maximum absolute atomic E-state index is 12.0. The summed E-state index contributed by atoms with van der Waals surface area (Å²) in [5, 5.41) is 8.84. The third kappa shape index (κ3) is 4.33. The number of likely N-dealkylation sites (N-methyl/N-ethyl adjacent to an activating group) is 1. The molecule has 1 N–H and O–H groups in total. The van der Waals surface area contributed by atoms with E-state index in [0.717, 1.165) is 11.3 Å². The average Bonchev–Trinajstić information content (AvgIpc) is 2.54. The van der Waals surface area contributed by atoms with Gasteiger partial charge in [-0.05, 0) is 29.8 Å². The number of carbonyl (C=O) groups excluding carboxylic acids is 1. The normalized spacial score (nSPS) is 10.2. The van der Waals surface area contributed by atoms with Crippen molar-refractivity contribution < 1.29 is 14.6 Å². The van der Waals surface area contributed by atoms with Crippen molar-refractivity contribution in [1.82, 2.24) is 4.90 Å². The Hall–Kier alpha value is -2.33. The number of amides is 1. The summed E-state index contributed by atoms with van der Waals surface area (Å²) in [5.41, 5.74) is 1.68. The highest BCUT2D eigenvalue weighted by atomic mass is 16.5. The van der Waals surface area contributed by atoms with Crippen LogP contribution in [-0.2, 0) is 6.61 Å². The largest absolute Gasteiger partial charge is 0.489 e. The molecule has 0 aliphatic heterocycles. The van der Waals surface area contributed by atoms with Gasteiger partial charge in [-0.3, -0.25) is 4.79 Å². The van der Waals surface area contributed by atoms with Crippen LogP contribution >= 0.6 is 0 Å². The van der Waals surface area contributed by atoms with E-state index in [1.165, 1.54) is 4.90 Å². The van der Waals surface area contributed by atoms with Crippen LogP contribution in [-0.4, -0.2) is 36.1 Å². The molecule has 21 heavy (non-hydrogen) atoms. The Morgan fingerprint density at radius 2 is 1.76 bits per heavy atom. The topological polar surface area (TPSA) is 49.8 Å². The number of benzene rings is 2. The number of ether oxygens (including phenoxy) is 1. The molecule has 0 heterocycles. The van der Waals surface area contributed by atoms with Crippen molar-refractivity contribution in [3.63, 3.8) is 0 Å². The van der Waals surface area contributed by atoms with Crippen LogP contribution in [0.2, 0.25) is 0 Å². The molecule has 2 rings (SSSR count). The first-order chi connectivity index (χ1) is 10.2. The lowest BCUT2D eigenvalue weighted by Gasteiger charge is -2.15. The van der Waals surface area contributed by atoms with Gasteiger partial charge in [-0.25, -0.2) is 0 Å². The van der Waals surface area contributed by atoms with Gasteiger partial charge in [-0.1, -0.05) is 30.3 Å². The molecular weight excluding hydrogens is 266 g/mol. The number of nitrogens with zero attached hydrogens (tertiary/aromatic N) is 1. The Labute approximate surface area is 124 Å². The second-order valence-electron chi connectivity index (χ2n) is 4.75. The van der Waals surface area contributed by atoms with Gasteiger partial charge in [-0.2, -0.15) is 0 Å². The highest BCUT2D eigenvalue weighted by Gasteiger charge is 2.10. The van der Waals surface area contributed by atoms with Gasteiger partial charge in [0.05, 0.1) is 6.61 Å². The van der Waals surface area contributed by atoms with Crippen molar-refractivity contribution in [3.8, 4) is 5.75 Å². The van der Waals surface area contributed by atoms with Crippen LogP contribution in [0.4, 0.5) is 0 Å². The maximum atomic E-state index is 12.0. The van der Waals surface area contributed by atoms with Crippen LogP contribution < -0.4 is 4.74 Å². The highest BCUT2D eigenvalue weighted by Crippen LogP contribution is 2.15. The van der Waals surface area contributed by atoms with Gasteiger partial charge >= 0.3 is 0 Å². The minimum Gasteiger partial charge on any atom is -0.489 e. The Morgan fingerprint density at radius 1 is 1.10 bits per heavy atom. The average molecular weight is 285 g/mol. The molecule has 0 aromatic heterocycles. The fourth-order valence-corrected chi connectivity index (χ4v) is 1.91. The summed E-state index contributed by atoms with van der Waals surface area (Å²) in [4.78, 5) is 13.5. The van der Waals surface area contributed by atoms with Crippen LogP contribution in [0.15, 0.2) is 54.6 Å². The van der Waals surface area contributed by atoms with E-state index in [4.69, 9.17) is 9.84 Å². The van der Waals surface area contributed by atoms with Crippen LogP contribution in [0, 0.1) is 0 Å². The summed E-state index contributed by atoms with van der Waals surface area (Å²) >= 11 is 0. The summed E-state index contributed by atoms with van der Waals surface area (Å²) in [5.74, 6) is 0.610. The predicted molar refractivity (Wildman–Crippen MR) is 81.3 cm³/mol. The van der Waals surface area contributed by atoms with Crippen molar-refractivity contribution in [2.45, 2.75) is 6.61 Å². The second kappa shape index (κ2) is 7.45. The number of hydrogen-bond donors (Lipinski definition) is 1. The molecule has 0 radical (unpaired) electrons. The molecule has 1 amide bonds. The SMILES string of the molecule is CN(CCO)C(=O)c1ccc(OCc2ccccc2)cc1. The number of rotatable bonds is 6. The van der Waals surface area contributed by atoms with Gasteiger partial charge in [0.1, 0.15) is 12.4 Å². The Kier molecular flexibility index (Phi) is 5.35. The molecular formula is C17H19NO3. The fraction of sp³-hybridized carbons (Fsp3) is 0.235. The smallest absolute Gasteiger partial charge is 0.253 e. The first-order valence-electron chi connectivity index (χ1n) is 6.84. The lowest BCUT2D eigenvalue weighted by molar-refractivity contribution is 0.0767. The maximum Gasteiger partial charge on any atom is 0.253 e. The number of carbonyl (C=O) groups is 1. The van der Waals surface area contributed by atoms with E-state index in [1.54, 1.807) is 31.3 Å². The molecule has 0 fully saturated rings. The lowest BCUT2D eigenvalue weighted by atomic mass is 10.2. The molecule has 0 aliphatic rings. The molecule has 2 aromatic carbocycles. The second-order valence-corrected chi connectivity index (χ2v) is 4.75. The summed E-state index contributed by atoms with van der Waals surface area (Å²) in [7, 11) is 1.67. The van der Waals surface area contributed by atoms with Crippen LogP contribution in [0.25, 0.3) is 0 Å². The van der Waals surface area contributed by atoms with E-state index in [0.29, 0.717) is 18.7 Å². The first kappa shape index (κ1) is 15.1. The molecule has 110 valence electrons. The zero-order valence-electron chi connectivity index (χ0n) is 12.0. The highest BCUT2D eigenvalue weighted by molar-refractivity contribution is 5.94. The number of hydrogen-bond acceptors (Lipinski definition) is 3. The molecule has 0 bridgehead atoms. The molecule has 0 saturated heterocycles. The minimum atomic E-state index is -0.112.